The molecule has 100 valence electrons. The summed E-state index contributed by atoms with van der Waals surface area (Å²) in [5.41, 5.74) is 2.17. The molecule has 0 spiro atoms. The largest absolute Gasteiger partial charge is 0.459 e. The minimum absolute atomic E-state index is 0.205. The van der Waals surface area contributed by atoms with Crippen LogP contribution in [0.1, 0.15) is 28.6 Å². The van der Waals surface area contributed by atoms with Crippen LogP contribution in [0.25, 0.3) is 0 Å². The highest BCUT2D eigenvalue weighted by molar-refractivity contribution is 5.91. The van der Waals surface area contributed by atoms with Crippen molar-refractivity contribution >= 4 is 5.91 Å². The fraction of sp³-hybridized carbons (Fsp3) is 0.267. The fourth-order valence-electron chi connectivity index (χ4n) is 1.65. The smallest absolute Gasteiger partial charge is 0.287 e. The highest BCUT2D eigenvalue weighted by Crippen LogP contribution is 2.06. The fourth-order valence-corrected chi connectivity index (χ4v) is 1.65. The molecule has 0 unspecified atom stereocenters. The van der Waals surface area contributed by atoms with E-state index < -0.39 is 0 Å². The van der Waals surface area contributed by atoms with Crippen molar-refractivity contribution in [3.8, 4) is 0 Å². The third-order valence-corrected chi connectivity index (χ3v) is 2.69. The summed E-state index contributed by atoms with van der Waals surface area (Å²) >= 11 is 0. The molecule has 0 fully saturated rings. The Balaban J connectivity index is 1.84. The number of benzene rings is 1. The Morgan fingerprint density at radius 1 is 1.21 bits per heavy atom. The Hall–Kier alpha value is -2.07. The van der Waals surface area contributed by atoms with E-state index in [4.69, 9.17) is 9.15 Å². The number of ether oxygens (including phenoxy) is 1. The van der Waals surface area contributed by atoms with Gasteiger partial charge in [0.2, 0.25) is 0 Å². The van der Waals surface area contributed by atoms with Gasteiger partial charge in [0.05, 0.1) is 12.9 Å². The molecule has 1 aromatic carbocycles. The van der Waals surface area contributed by atoms with Crippen LogP contribution in [0.5, 0.6) is 0 Å². The van der Waals surface area contributed by atoms with Crippen molar-refractivity contribution in [1.82, 2.24) is 5.32 Å². The molecule has 0 bridgehead atoms. The normalized spacial score (nSPS) is 10.4. The number of hydrogen-bond acceptors (Lipinski definition) is 3. The zero-order chi connectivity index (χ0) is 13.5. The molecular weight excluding hydrogens is 242 g/mol. The van der Waals surface area contributed by atoms with Crippen molar-refractivity contribution in [1.29, 1.82) is 0 Å². The molecular formula is C15H17NO3. The monoisotopic (exact) mass is 259 g/mol. The van der Waals surface area contributed by atoms with Crippen LogP contribution in [-0.4, -0.2) is 12.5 Å². The number of amides is 1. The van der Waals surface area contributed by atoms with Gasteiger partial charge in [-0.3, -0.25) is 4.79 Å². The lowest BCUT2D eigenvalue weighted by Crippen LogP contribution is -2.22. The first-order valence-corrected chi connectivity index (χ1v) is 6.27. The Morgan fingerprint density at radius 2 is 1.95 bits per heavy atom. The first kappa shape index (κ1) is 13.4. The number of nitrogens with one attached hydrogen (secondary N) is 1. The van der Waals surface area contributed by atoms with E-state index in [0.29, 0.717) is 25.5 Å². The Morgan fingerprint density at radius 3 is 2.58 bits per heavy atom. The number of carbonyl (C=O) groups is 1. The van der Waals surface area contributed by atoms with Crippen molar-refractivity contribution < 1.29 is 13.9 Å². The summed E-state index contributed by atoms with van der Waals surface area (Å²) in [4.78, 5) is 11.7. The second-order valence-electron chi connectivity index (χ2n) is 4.11. The lowest BCUT2D eigenvalue weighted by Gasteiger charge is -2.05. The Kier molecular flexibility index (Phi) is 4.75. The summed E-state index contributed by atoms with van der Waals surface area (Å²) in [6, 6.07) is 11.3. The molecule has 0 aliphatic rings. The molecule has 1 heterocycles. The van der Waals surface area contributed by atoms with E-state index >= 15 is 0 Å². The average molecular weight is 259 g/mol. The van der Waals surface area contributed by atoms with Gasteiger partial charge in [-0.25, -0.2) is 0 Å². The van der Waals surface area contributed by atoms with Crippen LogP contribution in [-0.2, 0) is 17.9 Å². The molecule has 1 N–H and O–H groups in total. The van der Waals surface area contributed by atoms with Crippen molar-refractivity contribution in [2.24, 2.45) is 0 Å². The Labute approximate surface area is 112 Å². The first-order chi connectivity index (χ1) is 9.29. The predicted molar refractivity (Wildman–Crippen MR) is 71.7 cm³/mol. The van der Waals surface area contributed by atoms with Crippen molar-refractivity contribution in [2.75, 3.05) is 6.61 Å². The van der Waals surface area contributed by atoms with Crippen LogP contribution < -0.4 is 5.32 Å². The molecule has 0 saturated heterocycles. The molecule has 4 nitrogen and oxygen atoms in total. The van der Waals surface area contributed by atoms with E-state index in [1.165, 1.54) is 6.26 Å². The van der Waals surface area contributed by atoms with Crippen LogP contribution in [0.15, 0.2) is 47.1 Å². The molecule has 1 amide bonds. The van der Waals surface area contributed by atoms with Crippen LogP contribution in [0.4, 0.5) is 0 Å². The minimum atomic E-state index is -0.205. The van der Waals surface area contributed by atoms with Gasteiger partial charge in [0.1, 0.15) is 0 Å². The maximum Gasteiger partial charge on any atom is 0.287 e. The molecule has 19 heavy (non-hydrogen) atoms. The number of rotatable bonds is 6. The van der Waals surface area contributed by atoms with Crippen LogP contribution >= 0.6 is 0 Å². The van der Waals surface area contributed by atoms with E-state index in [2.05, 4.69) is 5.32 Å². The maximum absolute atomic E-state index is 11.7. The standard InChI is InChI=1S/C15H17NO3/c1-2-18-11-13-7-5-12(6-8-13)10-16-15(17)14-4-3-9-19-14/h3-9H,2,10-11H2,1H3,(H,16,17). The third kappa shape index (κ3) is 3.96. The first-order valence-electron chi connectivity index (χ1n) is 6.27. The summed E-state index contributed by atoms with van der Waals surface area (Å²) in [7, 11) is 0. The molecule has 0 aliphatic carbocycles. The van der Waals surface area contributed by atoms with Crippen molar-refractivity contribution in [2.45, 2.75) is 20.1 Å². The number of furan rings is 1. The lowest BCUT2D eigenvalue weighted by molar-refractivity contribution is 0.0923. The van der Waals surface area contributed by atoms with Gasteiger partial charge in [0, 0.05) is 13.2 Å². The SMILES string of the molecule is CCOCc1ccc(CNC(=O)c2ccco2)cc1. The average Bonchev–Trinajstić information content (AvgIpc) is 2.98. The van der Waals surface area contributed by atoms with Gasteiger partial charge in [0.15, 0.2) is 5.76 Å². The van der Waals surface area contributed by atoms with Crippen LogP contribution in [0.3, 0.4) is 0 Å². The second-order valence-corrected chi connectivity index (χ2v) is 4.11. The van der Waals surface area contributed by atoms with E-state index in [0.717, 1.165) is 11.1 Å². The highest BCUT2D eigenvalue weighted by Gasteiger charge is 2.07. The summed E-state index contributed by atoms with van der Waals surface area (Å²) in [6.07, 6.45) is 1.48. The topological polar surface area (TPSA) is 51.5 Å². The minimum Gasteiger partial charge on any atom is -0.459 e. The molecule has 2 aromatic rings. The summed E-state index contributed by atoms with van der Waals surface area (Å²) in [5.74, 6) is 0.122. The van der Waals surface area contributed by atoms with Gasteiger partial charge in [-0.05, 0) is 30.2 Å². The van der Waals surface area contributed by atoms with Gasteiger partial charge in [-0.2, -0.15) is 0 Å². The van der Waals surface area contributed by atoms with Gasteiger partial charge < -0.3 is 14.5 Å². The van der Waals surface area contributed by atoms with E-state index in [1.807, 2.05) is 31.2 Å². The van der Waals surface area contributed by atoms with Crippen LogP contribution in [0.2, 0.25) is 0 Å². The van der Waals surface area contributed by atoms with Crippen molar-refractivity contribution in [3.05, 3.63) is 59.5 Å². The van der Waals surface area contributed by atoms with Crippen molar-refractivity contribution in [3.63, 3.8) is 0 Å². The molecule has 2 rings (SSSR count). The molecule has 1 aromatic heterocycles. The van der Waals surface area contributed by atoms with E-state index in [9.17, 15) is 4.79 Å². The van der Waals surface area contributed by atoms with Gasteiger partial charge in [-0.1, -0.05) is 24.3 Å². The van der Waals surface area contributed by atoms with E-state index in [-0.39, 0.29) is 5.91 Å². The highest BCUT2D eigenvalue weighted by atomic mass is 16.5. The molecule has 0 radical (unpaired) electrons. The quantitative estimate of drug-likeness (QED) is 0.867. The molecule has 0 atom stereocenters. The summed E-state index contributed by atoms with van der Waals surface area (Å²) < 4.78 is 10.3. The predicted octanol–water partition coefficient (Wildman–Crippen LogP) is 2.75. The zero-order valence-corrected chi connectivity index (χ0v) is 10.9. The number of hydrogen-bond donors (Lipinski definition) is 1. The van der Waals surface area contributed by atoms with Gasteiger partial charge in [-0.15, -0.1) is 0 Å². The zero-order valence-electron chi connectivity index (χ0n) is 10.9. The number of carbonyl (C=O) groups excluding carboxylic acids is 1. The maximum atomic E-state index is 11.7. The van der Waals surface area contributed by atoms with E-state index in [1.54, 1.807) is 12.1 Å². The summed E-state index contributed by atoms with van der Waals surface area (Å²) in [6.45, 7) is 3.78. The second kappa shape index (κ2) is 6.75. The third-order valence-electron chi connectivity index (χ3n) is 2.69. The molecule has 0 aliphatic heterocycles. The lowest BCUT2D eigenvalue weighted by atomic mass is 10.1. The Bertz CT molecular complexity index is 503. The van der Waals surface area contributed by atoms with Gasteiger partial charge in [0.25, 0.3) is 5.91 Å². The van der Waals surface area contributed by atoms with Crippen LogP contribution in [0, 0.1) is 0 Å². The summed E-state index contributed by atoms with van der Waals surface area (Å²) in [5, 5.41) is 2.80. The molecule has 4 heteroatoms. The van der Waals surface area contributed by atoms with Gasteiger partial charge >= 0.3 is 0 Å². The molecule has 0 saturated carbocycles.